The van der Waals surface area contributed by atoms with Crippen molar-refractivity contribution in [3.63, 3.8) is 0 Å². The number of nitrogens with zero attached hydrogens (tertiary/aromatic N) is 2. The van der Waals surface area contributed by atoms with Gasteiger partial charge < -0.3 is 11.1 Å². The molecule has 100 valence electrons. The lowest BCUT2D eigenvalue weighted by Crippen LogP contribution is -2.27. The lowest BCUT2D eigenvalue weighted by Gasteiger charge is -2.07. The van der Waals surface area contributed by atoms with Crippen LogP contribution in [-0.4, -0.2) is 22.2 Å². The van der Waals surface area contributed by atoms with Gasteiger partial charge in [-0.1, -0.05) is 0 Å². The Labute approximate surface area is 108 Å². The molecule has 1 aromatic carbocycles. The zero-order valence-electron chi connectivity index (χ0n) is 9.94. The van der Waals surface area contributed by atoms with Gasteiger partial charge in [0.25, 0.3) is 5.91 Å². The fourth-order valence-electron chi connectivity index (χ4n) is 1.53. The number of carbonyl (C=O) groups excluding carboxylic acids is 1. The number of carbonyl (C=O) groups is 1. The summed E-state index contributed by atoms with van der Waals surface area (Å²) >= 11 is 0. The molecule has 0 unspecified atom stereocenters. The minimum absolute atomic E-state index is 0.107. The summed E-state index contributed by atoms with van der Waals surface area (Å²) in [5.41, 5.74) is 4.43. The molecule has 0 radical (unpaired) electrons. The van der Waals surface area contributed by atoms with Crippen molar-refractivity contribution in [2.24, 2.45) is 0 Å². The van der Waals surface area contributed by atoms with Crippen LogP contribution < -0.4 is 11.1 Å². The zero-order valence-corrected chi connectivity index (χ0v) is 9.94. The second kappa shape index (κ2) is 5.47. The first-order chi connectivity index (χ1) is 9.08. The molecule has 0 saturated heterocycles. The predicted molar refractivity (Wildman–Crippen MR) is 65.3 cm³/mol. The maximum Gasteiger partial charge on any atom is 0.251 e. The van der Waals surface area contributed by atoms with Crippen molar-refractivity contribution in [2.75, 3.05) is 12.3 Å². The van der Waals surface area contributed by atoms with Gasteiger partial charge in [0, 0.05) is 24.5 Å². The third kappa shape index (κ3) is 3.06. The summed E-state index contributed by atoms with van der Waals surface area (Å²) in [5, 5.41) is 6.49. The van der Waals surface area contributed by atoms with Crippen LogP contribution in [-0.2, 0) is 6.54 Å². The number of anilines is 1. The smallest absolute Gasteiger partial charge is 0.251 e. The number of amides is 1. The van der Waals surface area contributed by atoms with Crippen molar-refractivity contribution in [3.8, 4) is 0 Å². The fourth-order valence-corrected chi connectivity index (χ4v) is 1.53. The molecule has 1 aromatic heterocycles. The molecule has 0 bridgehead atoms. The second-order valence-electron chi connectivity index (χ2n) is 3.88. The summed E-state index contributed by atoms with van der Waals surface area (Å²) in [6.07, 6.45) is 3.36. The molecule has 1 amide bonds. The lowest BCUT2D eigenvalue weighted by atomic mass is 10.1. The van der Waals surface area contributed by atoms with Gasteiger partial charge >= 0.3 is 0 Å². The normalized spacial score (nSPS) is 10.4. The van der Waals surface area contributed by atoms with Crippen LogP contribution in [0.2, 0.25) is 0 Å². The quantitative estimate of drug-likeness (QED) is 0.816. The first kappa shape index (κ1) is 13.0. The third-order valence-corrected chi connectivity index (χ3v) is 2.53. The average molecular weight is 266 g/mol. The number of benzene rings is 1. The van der Waals surface area contributed by atoms with Crippen LogP contribution in [0.25, 0.3) is 0 Å². The molecule has 0 aliphatic carbocycles. The van der Waals surface area contributed by atoms with Crippen LogP contribution in [0.3, 0.4) is 0 Å². The largest absolute Gasteiger partial charge is 0.394 e. The number of nitrogens with two attached hydrogens (primary N) is 1. The molecule has 0 aliphatic heterocycles. The Morgan fingerprint density at radius 3 is 2.63 bits per heavy atom. The molecule has 19 heavy (non-hydrogen) atoms. The van der Waals surface area contributed by atoms with E-state index in [2.05, 4.69) is 10.4 Å². The Balaban J connectivity index is 1.96. The zero-order chi connectivity index (χ0) is 13.8. The number of aromatic nitrogens is 2. The average Bonchev–Trinajstić information content (AvgIpc) is 2.88. The molecule has 3 N–H and O–H groups in total. The highest BCUT2D eigenvalue weighted by atomic mass is 19.1. The number of hydrogen-bond acceptors (Lipinski definition) is 3. The Morgan fingerprint density at radius 1 is 1.37 bits per heavy atom. The Morgan fingerprint density at radius 2 is 2.05 bits per heavy atom. The van der Waals surface area contributed by atoms with Crippen LogP contribution in [0.4, 0.5) is 14.5 Å². The van der Waals surface area contributed by atoms with Crippen LogP contribution in [0.15, 0.2) is 30.6 Å². The van der Waals surface area contributed by atoms with Gasteiger partial charge in [-0.2, -0.15) is 5.10 Å². The van der Waals surface area contributed by atoms with E-state index in [0.717, 1.165) is 12.1 Å². The summed E-state index contributed by atoms with van der Waals surface area (Å²) in [5.74, 6) is -2.46. The standard InChI is InChI=1S/C12H12F2N4O/c13-9-6-8(7-10(14)11(9)15)12(19)16-3-5-18-4-1-2-17-18/h1-2,4,6-7H,3,5,15H2,(H,16,19). The van der Waals surface area contributed by atoms with E-state index in [1.807, 2.05) is 0 Å². The number of nitrogen functional groups attached to an aromatic ring is 1. The van der Waals surface area contributed by atoms with Gasteiger partial charge in [0.15, 0.2) is 0 Å². The summed E-state index contributed by atoms with van der Waals surface area (Å²) in [4.78, 5) is 11.7. The minimum Gasteiger partial charge on any atom is -0.394 e. The number of nitrogens with one attached hydrogen (secondary N) is 1. The van der Waals surface area contributed by atoms with Gasteiger partial charge in [-0.25, -0.2) is 8.78 Å². The van der Waals surface area contributed by atoms with Crippen molar-refractivity contribution in [2.45, 2.75) is 6.54 Å². The van der Waals surface area contributed by atoms with Gasteiger partial charge in [-0.05, 0) is 18.2 Å². The molecular weight excluding hydrogens is 254 g/mol. The van der Waals surface area contributed by atoms with Gasteiger partial charge in [-0.15, -0.1) is 0 Å². The molecule has 0 spiro atoms. The maximum absolute atomic E-state index is 13.2. The molecule has 2 rings (SSSR count). The van der Waals surface area contributed by atoms with E-state index < -0.39 is 23.2 Å². The fraction of sp³-hybridized carbons (Fsp3) is 0.167. The minimum atomic E-state index is -0.947. The van der Waals surface area contributed by atoms with E-state index in [4.69, 9.17) is 5.73 Å². The Kier molecular flexibility index (Phi) is 3.74. The highest BCUT2D eigenvalue weighted by molar-refractivity contribution is 5.94. The summed E-state index contributed by atoms with van der Waals surface area (Å²) in [6, 6.07) is 3.57. The highest BCUT2D eigenvalue weighted by Crippen LogP contribution is 2.17. The SMILES string of the molecule is Nc1c(F)cc(C(=O)NCCn2cccn2)cc1F. The van der Waals surface area contributed by atoms with Gasteiger partial charge in [0.05, 0.1) is 6.54 Å². The van der Waals surface area contributed by atoms with E-state index in [9.17, 15) is 13.6 Å². The number of rotatable bonds is 4. The maximum atomic E-state index is 13.2. The molecule has 1 heterocycles. The van der Waals surface area contributed by atoms with Crippen molar-refractivity contribution < 1.29 is 13.6 Å². The summed E-state index contributed by atoms with van der Waals surface area (Å²) in [7, 11) is 0. The topological polar surface area (TPSA) is 72.9 Å². The second-order valence-corrected chi connectivity index (χ2v) is 3.88. The van der Waals surface area contributed by atoms with Crippen LogP contribution in [0.5, 0.6) is 0 Å². The van der Waals surface area contributed by atoms with E-state index in [1.165, 1.54) is 0 Å². The molecule has 2 aromatic rings. The molecule has 5 nitrogen and oxygen atoms in total. The predicted octanol–water partition coefficient (Wildman–Crippen LogP) is 1.17. The molecule has 7 heteroatoms. The number of hydrogen-bond donors (Lipinski definition) is 2. The summed E-state index contributed by atoms with van der Waals surface area (Å²) in [6.45, 7) is 0.771. The van der Waals surface area contributed by atoms with Crippen molar-refractivity contribution >= 4 is 11.6 Å². The van der Waals surface area contributed by atoms with Crippen molar-refractivity contribution in [1.29, 1.82) is 0 Å². The van der Waals surface area contributed by atoms with E-state index in [0.29, 0.717) is 13.1 Å². The van der Waals surface area contributed by atoms with Gasteiger partial charge in [0.2, 0.25) is 0 Å². The van der Waals surface area contributed by atoms with E-state index in [1.54, 1.807) is 23.1 Å². The number of halogens is 2. The first-order valence-electron chi connectivity index (χ1n) is 5.58. The van der Waals surface area contributed by atoms with Crippen molar-refractivity contribution in [1.82, 2.24) is 15.1 Å². The Hall–Kier alpha value is -2.44. The van der Waals surface area contributed by atoms with Crippen molar-refractivity contribution in [3.05, 3.63) is 47.8 Å². The first-order valence-corrected chi connectivity index (χ1v) is 5.58. The third-order valence-electron chi connectivity index (χ3n) is 2.53. The molecule has 0 fully saturated rings. The highest BCUT2D eigenvalue weighted by Gasteiger charge is 2.12. The molecule has 0 atom stereocenters. The molecule has 0 saturated carbocycles. The van der Waals surface area contributed by atoms with E-state index in [-0.39, 0.29) is 5.56 Å². The Bertz CT molecular complexity index is 560. The molecular formula is C12H12F2N4O. The van der Waals surface area contributed by atoms with Crippen LogP contribution in [0, 0.1) is 11.6 Å². The lowest BCUT2D eigenvalue weighted by molar-refractivity contribution is 0.0951. The van der Waals surface area contributed by atoms with Crippen LogP contribution in [0.1, 0.15) is 10.4 Å². The van der Waals surface area contributed by atoms with Gasteiger partial charge in [0.1, 0.15) is 17.3 Å². The van der Waals surface area contributed by atoms with E-state index >= 15 is 0 Å². The van der Waals surface area contributed by atoms with Crippen LogP contribution >= 0.6 is 0 Å². The monoisotopic (exact) mass is 266 g/mol. The molecule has 0 aliphatic rings. The van der Waals surface area contributed by atoms with Gasteiger partial charge in [-0.3, -0.25) is 9.48 Å². The summed E-state index contributed by atoms with van der Waals surface area (Å²) < 4.78 is 28.0.